The SMILES string of the molecule is CN(C)c1c(Cl)cccc1NC(=O)N[C@@H]1CCC[C@@H]1O. The first kappa shape index (κ1) is 14.9. The van der Waals surface area contributed by atoms with Gasteiger partial charge in [0.05, 0.1) is 28.5 Å². The van der Waals surface area contributed by atoms with Gasteiger partial charge in [0, 0.05) is 14.1 Å². The lowest BCUT2D eigenvalue weighted by Gasteiger charge is -2.21. The Balaban J connectivity index is 2.06. The number of amides is 2. The van der Waals surface area contributed by atoms with Gasteiger partial charge < -0.3 is 20.6 Å². The number of halogens is 1. The van der Waals surface area contributed by atoms with Crippen molar-refractivity contribution in [2.45, 2.75) is 31.4 Å². The van der Waals surface area contributed by atoms with Crippen molar-refractivity contribution in [1.29, 1.82) is 0 Å². The molecule has 1 fully saturated rings. The van der Waals surface area contributed by atoms with Crippen molar-refractivity contribution in [1.82, 2.24) is 5.32 Å². The number of nitrogens with one attached hydrogen (secondary N) is 2. The zero-order valence-corrected chi connectivity index (χ0v) is 12.4. The standard InChI is InChI=1S/C14H20ClN3O2/c1-18(2)13-9(15)5-3-7-11(13)17-14(20)16-10-6-4-8-12(10)19/h3,5,7,10,12,19H,4,6,8H2,1-2H3,(H2,16,17,20)/t10-,12+/m1/s1. The molecular formula is C14H20ClN3O2. The molecule has 2 rings (SSSR count). The Labute approximate surface area is 123 Å². The van der Waals surface area contributed by atoms with Crippen molar-refractivity contribution in [2.24, 2.45) is 0 Å². The minimum Gasteiger partial charge on any atom is -0.391 e. The van der Waals surface area contributed by atoms with Gasteiger partial charge in [-0.3, -0.25) is 0 Å². The molecule has 110 valence electrons. The highest BCUT2D eigenvalue weighted by Gasteiger charge is 2.26. The second-order valence-electron chi connectivity index (χ2n) is 5.23. The highest BCUT2D eigenvalue weighted by Crippen LogP contribution is 2.32. The molecule has 0 aliphatic heterocycles. The van der Waals surface area contributed by atoms with Crippen molar-refractivity contribution >= 4 is 29.0 Å². The van der Waals surface area contributed by atoms with E-state index < -0.39 is 6.10 Å². The molecule has 6 heteroatoms. The van der Waals surface area contributed by atoms with Gasteiger partial charge in [-0.15, -0.1) is 0 Å². The summed E-state index contributed by atoms with van der Waals surface area (Å²) >= 11 is 6.15. The molecule has 3 N–H and O–H groups in total. The van der Waals surface area contributed by atoms with E-state index in [0.29, 0.717) is 10.7 Å². The minimum atomic E-state index is -0.451. The molecular weight excluding hydrogens is 278 g/mol. The third-order valence-corrected chi connectivity index (χ3v) is 3.78. The molecule has 0 radical (unpaired) electrons. The summed E-state index contributed by atoms with van der Waals surface area (Å²) in [6, 6.07) is 4.88. The fourth-order valence-corrected chi connectivity index (χ4v) is 2.85. The van der Waals surface area contributed by atoms with Gasteiger partial charge in [0.15, 0.2) is 0 Å². The number of hydrogen-bond donors (Lipinski definition) is 3. The average molecular weight is 298 g/mol. The quantitative estimate of drug-likeness (QED) is 0.803. The normalized spacial score (nSPS) is 21.6. The van der Waals surface area contributed by atoms with E-state index in [-0.39, 0.29) is 12.1 Å². The highest BCUT2D eigenvalue weighted by atomic mass is 35.5. The van der Waals surface area contributed by atoms with Crippen LogP contribution in [0, 0.1) is 0 Å². The van der Waals surface area contributed by atoms with E-state index in [1.807, 2.05) is 19.0 Å². The van der Waals surface area contributed by atoms with Crippen LogP contribution in [0.1, 0.15) is 19.3 Å². The first-order valence-corrected chi connectivity index (χ1v) is 7.08. The summed E-state index contributed by atoms with van der Waals surface area (Å²) in [4.78, 5) is 13.9. The van der Waals surface area contributed by atoms with Gasteiger partial charge in [-0.1, -0.05) is 17.7 Å². The van der Waals surface area contributed by atoms with Crippen LogP contribution in [0.2, 0.25) is 5.02 Å². The van der Waals surface area contributed by atoms with Crippen LogP contribution in [0.4, 0.5) is 16.2 Å². The topological polar surface area (TPSA) is 64.6 Å². The maximum absolute atomic E-state index is 12.0. The lowest BCUT2D eigenvalue weighted by molar-refractivity contribution is 0.151. The van der Waals surface area contributed by atoms with Gasteiger partial charge in [0.2, 0.25) is 0 Å². The highest BCUT2D eigenvalue weighted by molar-refractivity contribution is 6.34. The van der Waals surface area contributed by atoms with Crippen LogP contribution in [0.15, 0.2) is 18.2 Å². The van der Waals surface area contributed by atoms with E-state index in [0.717, 1.165) is 24.9 Å². The summed E-state index contributed by atoms with van der Waals surface area (Å²) in [6.07, 6.45) is 2.04. The van der Waals surface area contributed by atoms with Gasteiger partial charge in [-0.2, -0.15) is 0 Å². The van der Waals surface area contributed by atoms with Gasteiger partial charge in [-0.25, -0.2) is 4.79 Å². The summed E-state index contributed by atoms with van der Waals surface area (Å²) in [7, 11) is 3.73. The average Bonchev–Trinajstić information content (AvgIpc) is 2.74. The summed E-state index contributed by atoms with van der Waals surface area (Å²) < 4.78 is 0. The number of para-hydroxylation sites is 1. The number of benzene rings is 1. The van der Waals surface area contributed by atoms with Crippen LogP contribution in [-0.2, 0) is 0 Å². The van der Waals surface area contributed by atoms with E-state index in [9.17, 15) is 9.90 Å². The molecule has 1 saturated carbocycles. The van der Waals surface area contributed by atoms with Crippen LogP contribution in [0.3, 0.4) is 0 Å². The maximum atomic E-state index is 12.0. The van der Waals surface area contributed by atoms with Gasteiger partial charge in [-0.05, 0) is 31.4 Å². The molecule has 20 heavy (non-hydrogen) atoms. The largest absolute Gasteiger partial charge is 0.391 e. The fourth-order valence-electron chi connectivity index (χ4n) is 2.51. The Kier molecular flexibility index (Phi) is 4.73. The number of aliphatic hydroxyl groups excluding tert-OH is 1. The number of carbonyl (C=O) groups is 1. The van der Waals surface area contributed by atoms with E-state index in [4.69, 9.17) is 11.6 Å². The van der Waals surface area contributed by atoms with Crippen molar-refractivity contribution in [2.75, 3.05) is 24.3 Å². The predicted octanol–water partition coefficient (Wildman–Crippen LogP) is 2.44. The Bertz CT molecular complexity index is 493. The minimum absolute atomic E-state index is 0.169. The van der Waals surface area contributed by atoms with Gasteiger partial charge in [0.1, 0.15) is 0 Å². The summed E-state index contributed by atoms with van der Waals surface area (Å²) in [5.74, 6) is 0. The molecule has 2 amide bonds. The van der Waals surface area contributed by atoms with Crippen molar-refractivity contribution in [3.8, 4) is 0 Å². The molecule has 1 aliphatic rings. The Morgan fingerprint density at radius 2 is 2.15 bits per heavy atom. The van der Waals surface area contributed by atoms with Gasteiger partial charge in [0.25, 0.3) is 0 Å². The lowest BCUT2D eigenvalue weighted by atomic mass is 10.2. The summed E-state index contributed by atoms with van der Waals surface area (Å²) in [5, 5.41) is 15.9. The molecule has 5 nitrogen and oxygen atoms in total. The second kappa shape index (κ2) is 6.33. The third-order valence-electron chi connectivity index (χ3n) is 3.48. The first-order chi connectivity index (χ1) is 9.49. The zero-order chi connectivity index (χ0) is 14.7. The first-order valence-electron chi connectivity index (χ1n) is 6.70. The van der Waals surface area contributed by atoms with Crippen LogP contribution < -0.4 is 15.5 Å². The number of nitrogens with zero attached hydrogens (tertiary/aromatic N) is 1. The summed E-state index contributed by atoms with van der Waals surface area (Å²) in [6.45, 7) is 0. The van der Waals surface area contributed by atoms with Crippen molar-refractivity contribution in [3.05, 3.63) is 23.2 Å². The molecule has 0 unspecified atom stereocenters. The predicted molar refractivity (Wildman–Crippen MR) is 81.6 cm³/mol. The molecule has 0 spiro atoms. The Morgan fingerprint density at radius 1 is 1.40 bits per heavy atom. The molecule has 0 bridgehead atoms. The van der Waals surface area contributed by atoms with Crippen LogP contribution in [-0.4, -0.2) is 37.4 Å². The number of anilines is 2. The fraction of sp³-hybridized carbons (Fsp3) is 0.500. The smallest absolute Gasteiger partial charge is 0.319 e. The molecule has 0 aromatic heterocycles. The number of carbonyl (C=O) groups excluding carboxylic acids is 1. The summed E-state index contributed by atoms with van der Waals surface area (Å²) in [5.41, 5.74) is 1.41. The Hall–Kier alpha value is -1.46. The van der Waals surface area contributed by atoms with Crippen molar-refractivity contribution in [3.63, 3.8) is 0 Å². The molecule has 0 saturated heterocycles. The second-order valence-corrected chi connectivity index (χ2v) is 5.64. The van der Waals surface area contributed by atoms with E-state index >= 15 is 0 Å². The molecule has 1 aromatic rings. The molecule has 1 aromatic carbocycles. The van der Waals surface area contributed by atoms with Crippen LogP contribution in [0.5, 0.6) is 0 Å². The number of urea groups is 1. The van der Waals surface area contributed by atoms with Crippen LogP contribution >= 0.6 is 11.6 Å². The van der Waals surface area contributed by atoms with E-state index in [1.165, 1.54) is 0 Å². The maximum Gasteiger partial charge on any atom is 0.319 e. The molecule has 1 aliphatic carbocycles. The number of aliphatic hydroxyl groups is 1. The van der Waals surface area contributed by atoms with Gasteiger partial charge >= 0.3 is 6.03 Å². The molecule has 2 atom stereocenters. The Morgan fingerprint density at radius 3 is 2.75 bits per heavy atom. The lowest BCUT2D eigenvalue weighted by Crippen LogP contribution is -2.42. The molecule has 0 heterocycles. The monoisotopic (exact) mass is 297 g/mol. The zero-order valence-electron chi connectivity index (χ0n) is 11.7. The van der Waals surface area contributed by atoms with Crippen LogP contribution in [0.25, 0.3) is 0 Å². The van der Waals surface area contributed by atoms with E-state index in [2.05, 4.69) is 10.6 Å². The van der Waals surface area contributed by atoms with Crippen molar-refractivity contribution < 1.29 is 9.90 Å². The van der Waals surface area contributed by atoms with E-state index in [1.54, 1.807) is 18.2 Å². The number of rotatable bonds is 3. The number of hydrogen-bond acceptors (Lipinski definition) is 3. The third kappa shape index (κ3) is 3.35.